The Kier molecular flexibility index (Phi) is 5.50. The zero-order valence-electron chi connectivity index (χ0n) is 20.5. The molecule has 6 N–H and O–H groups in total. The molecule has 1 heterocycles. The van der Waals surface area contributed by atoms with E-state index in [9.17, 15) is 34.8 Å². The number of carbonyl (C=O) groups excluding carboxylic acids is 3. The van der Waals surface area contributed by atoms with Crippen LogP contribution in [-0.4, -0.2) is 73.5 Å². The molecule has 3 aliphatic carbocycles. The summed E-state index contributed by atoms with van der Waals surface area (Å²) in [5, 5.41) is 44.6. The molecular weight excluding hydrogens is 478 g/mol. The number of pyridine rings is 1. The van der Waals surface area contributed by atoms with Gasteiger partial charge in [-0.05, 0) is 69.1 Å². The third-order valence-corrected chi connectivity index (χ3v) is 7.87. The van der Waals surface area contributed by atoms with Crippen LogP contribution in [-0.2, 0) is 20.8 Å². The fourth-order valence-electron chi connectivity index (χ4n) is 6.23. The first-order valence-corrected chi connectivity index (χ1v) is 11.8. The molecule has 0 bridgehead atoms. The van der Waals surface area contributed by atoms with Crippen LogP contribution >= 0.6 is 0 Å². The van der Waals surface area contributed by atoms with Crippen molar-refractivity contribution in [2.45, 2.75) is 31.4 Å². The van der Waals surface area contributed by atoms with E-state index in [-0.39, 0.29) is 29.7 Å². The highest BCUT2D eigenvalue weighted by Gasteiger charge is 2.64. The zero-order chi connectivity index (χ0) is 27.0. The van der Waals surface area contributed by atoms with Crippen LogP contribution in [0.5, 0.6) is 5.75 Å². The van der Waals surface area contributed by atoms with E-state index in [0.717, 1.165) is 5.56 Å². The van der Waals surface area contributed by atoms with Crippen molar-refractivity contribution in [3.8, 4) is 17.0 Å². The summed E-state index contributed by atoms with van der Waals surface area (Å²) in [5.41, 5.74) is 4.48. The Morgan fingerprint density at radius 3 is 2.49 bits per heavy atom. The van der Waals surface area contributed by atoms with E-state index in [4.69, 9.17) is 5.73 Å². The molecule has 4 unspecified atom stereocenters. The lowest BCUT2D eigenvalue weighted by atomic mass is 9.57. The summed E-state index contributed by atoms with van der Waals surface area (Å²) in [7, 11) is 3.13. The van der Waals surface area contributed by atoms with Gasteiger partial charge in [-0.15, -0.1) is 0 Å². The van der Waals surface area contributed by atoms with Crippen LogP contribution in [0.25, 0.3) is 17.0 Å². The van der Waals surface area contributed by atoms with Crippen LogP contribution in [0.3, 0.4) is 0 Å². The minimum atomic E-state index is -2.66. The van der Waals surface area contributed by atoms with Gasteiger partial charge >= 0.3 is 0 Å². The number of nitrogens with two attached hydrogens (primary N) is 1. The molecular formula is C27H27N3O7. The average Bonchev–Trinajstić information content (AvgIpc) is 2.82. The maximum atomic E-state index is 13.9. The Morgan fingerprint density at radius 2 is 1.86 bits per heavy atom. The Morgan fingerprint density at radius 1 is 1.16 bits per heavy atom. The van der Waals surface area contributed by atoms with Gasteiger partial charge < -0.3 is 26.2 Å². The molecule has 1 fully saturated rings. The van der Waals surface area contributed by atoms with E-state index >= 15 is 0 Å². The van der Waals surface area contributed by atoms with Crippen molar-refractivity contribution in [1.29, 1.82) is 0 Å². The molecule has 1 aromatic carbocycles. The number of likely N-dealkylation sites (N-methyl/N-ethyl adjacent to an activating group) is 1. The molecule has 5 rings (SSSR count). The second-order valence-corrected chi connectivity index (χ2v) is 10.1. The lowest BCUT2D eigenvalue weighted by Gasteiger charge is -2.50. The zero-order valence-corrected chi connectivity index (χ0v) is 20.5. The van der Waals surface area contributed by atoms with Crippen molar-refractivity contribution in [1.82, 2.24) is 9.88 Å². The summed E-state index contributed by atoms with van der Waals surface area (Å²) >= 11 is 0. The summed E-state index contributed by atoms with van der Waals surface area (Å²) in [6.45, 7) is 1.89. The van der Waals surface area contributed by atoms with Gasteiger partial charge in [0.1, 0.15) is 22.8 Å². The average molecular weight is 506 g/mol. The Balaban J connectivity index is 1.76. The number of aromatic hydroxyl groups is 1. The second kappa shape index (κ2) is 8.25. The highest BCUT2D eigenvalue weighted by atomic mass is 16.3. The normalized spacial score (nSPS) is 27.2. The molecule has 2 aromatic rings. The first kappa shape index (κ1) is 24.7. The number of aromatic nitrogens is 1. The molecule has 3 aliphatic rings. The van der Waals surface area contributed by atoms with Crippen LogP contribution < -0.4 is 5.73 Å². The van der Waals surface area contributed by atoms with Gasteiger partial charge in [-0.25, -0.2) is 0 Å². The van der Waals surface area contributed by atoms with E-state index in [1.165, 1.54) is 11.0 Å². The molecule has 0 saturated heterocycles. The van der Waals surface area contributed by atoms with E-state index < -0.39 is 58.0 Å². The summed E-state index contributed by atoms with van der Waals surface area (Å²) in [6.07, 6.45) is 1.87. The number of rotatable bonds is 3. The largest absolute Gasteiger partial charge is 0.508 e. The van der Waals surface area contributed by atoms with Crippen LogP contribution in [0.2, 0.25) is 0 Å². The maximum absolute atomic E-state index is 13.9. The highest BCUT2D eigenvalue weighted by Crippen LogP contribution is 2.53. The summed E-state index contributed by atoms with van der Waals surface area (Å²) in [5.74, 6) is -6.75. The van der Waals surface area contributed by atoms with E-state index in [1.54, 1.807) is 32.4 Å². The molecule has 0 aliphatic heterocycles. The predicted octanol–water partition coefficient (Wildman–Crippen LogP) is 1.33. The van der Waals surface area contributed by atoms with Crippen molar-refractivity contribution in [3.63, 3.8) is 0 Å². The first-order chi connectivity index (χ1) is 17.4. The molecule has 37 heavy (non-hydrogen) atoms. The van der Waals surface area contributed by atoms with E-state index in [0.29, 0.717) is 16.8 Å². The molecule has 4 atom stereocenters. The van der Waals surface area contributed by atoms with Crippen LogP contribution in [0, 0.1) is 18.8 Å². The second-order valence-electron chi connectivity index (χ2n) is 10.1. The standard InChI is InChI=1S/C27H27N3O7/c1-11-5-4-8-29-20(11)13-6-7-16(31)18-14(13)9-12-10-15-21(30(2)3)23(33)19(26(28)36)25(35)27(15,37)24(34)17(12)22(18)32/h4-8,12,15,21,31-32,35,37H,9-10H2,1-3H3,(H2,28,36). The van der Waals surface area contributed by atoms with Gasteiger partial charge in [0.2, 0.25) is 5.78 Å². The maximum Gasteiger partial charge on any atom is 0.255 e. The lowest BCUT2D eigenvalue weighted by molar-refractivity contribution is -0.153. The number of phenols is 1. The van der Waals surface area contributed by atoms with Crippen molar-refractivity contribution < 1.29 is 34.8 Å². The SMILES string of the molecule is Cc1cccnc1-c1ccc(O)c2c1CC1CC3C(N(C)C)C(=O)C(C(N)=O)=C(O)C3(O)C(=O)C1=C2O. The Labute approximate surface area is 212 Å². The number of primary amides is 1. The minimum Gasteiger partial charge on any atom is -0.508 e. The first-order valence-electron chi connectivity index (χ1n) is 11.8. The molecule has 1 aromatic heterocycles. The van der Waals surface area contributed by atoms with Gasteiger partial charge in [0, 0.05) is 23.3 Å². The number of aryl methyl sites for hydroxylation is 1. The molecule has 1 saturated carbocycles. The van der Waals surface area contributed by atoms with Gasteiger partial charge in [-0.1, -0.05) is 6.07 Å². The number of carbonyl (C=O) groups is 3. The number of aliphatic hydroxyl groups excluding tert-OH is 2. The Bertz CT molecular complexity index is 1460. The number of aliphatic hydroxyl groups is 3. The number of nitrogens with zero attached hydrogens (tertiary/aromatic N) is 2. The van der Waals surface area contributed by atoms with Gasteiger partial charge in [-0.2, -0.15) is 0 Å². The van der Waals surface area contributed by atoms with Gasteiger partial charge in [0.05, 0.1) is 17.3 Å². The highest BCUT2D eigenvalue weighted by molar-refractivity contribution is 6.24. The summed E-state index contributed by atoms with van der Waals surface area (Å²) in [4.78, 5) is 45.1. The molecule has 0 spiro atoms. The molecule has 192 valence electrons. The van der Waals surface area contributed by atoms with E-state index in [1.807, 2.05) is 13.0 Å². The Hall–Kier alpha value is -4.02. The van der Waals surface area contributed by atoms with Crippen LogP contribution in [0.1, 0.15) is 23.1 Å². The fraction of sp³-hybridized carbons (Fsp3) is 0.333. The molecule has 0 radical (unpaired) electrons. The minimum absolute atomic E-state index is 0.0298. The number of hydrogen-bond donors (Lipinski definition) is 5. The predicted molar refractivity (Wildman–Crippen MR) is 132 cm³/mol. The van der Waals surface area contributed by atoms with Gasteiger partial charge in [0.15, 0.2) is 11.4 Å². The number of hydrogen-bond acceptors (Lipinski definition) is 9. The number of amides is 1. The smallest absolute Gasteiger partial charge is 0.255 e. The third kappa shape index (κ3) is 3.25. The number of phenolic OH excluding ortho intramolecular Hbond substituents is 1. The topological polar surface area (TPSA) is 174 Å². The number of benzene rings is 1. The lowest BCUT2D eigenvalue weighted by Crippen LogP contribution is -2.65. The summed E-state index contributed by atoms with van der Waals surface area (Å²) in [6, 6.07) is 5.65. The molecule has 10 heteroatoms. The van der Waals surface area contributed by atoms with Crippen LogP contribution in [0.15, 0.2) is 47.4 Å². The van der Waals surface area contributed by atoms with Gasteiger partial charge in [0.25, 0.3) is 5.91 Å². The molecule has 10 nitrogen and oxygen atoms in total. The molecule has 1 amide bonds. The number of ketones is 2. The van der Waals surface area contributed by atoms with Gasteiger partial charge in [-0.3, -0.25) is 24.3 Å². The summed E-state index contributed by atoms with van der Waals surface area (Å²) < 4.78 is 0. The van der Waals surface area contributed by atoms with E-state index in [2.05, 4.69) is 4.98 Å². The monoisotopic (exact) mass is 505 g/mol. The quantitative estimate of drug-likeness (QED) is 0.386. The third-order valence-electron chi connectivity index (χ3n) is 7.87. The van der Waals surface area contributed by atoms with Crippen molar-refractivity contribution in [3.05, 3.63) is 64.1 Å². The van der Waals surface area contributed by atoms with Crippen molar-refractivity contribution in [2.75, 3.05) is 14.1 Å². The van der Waals surface area contributed by atoms with Crippen LogP contribution in [0.4, 0.5) is 0 Å². The fourth-order valence-corrected chi connectivity index (χ4v) is 6.23. The number of Topliss-reactive ketones (excluding diaryl/α,β-unsaturated/α-hetero) is 2. The van der Waals surface area contributed by atoms with Crippen molar-refractivity contribution in [2.24, 2.45) is 17.6 Å². The number of fused-ring (bicyclic) bond motifs is 3. The van der Waals surface area contributed by atoms with Crippen molar-refractivity contribution >= 4 is 23.2 Å².